The second-order valence-corrected chi connectivity index (χ2v) is 5.45. The molecule has 0 spiro atoms. The van der Waals surface area contributed by atoms with Gasteiger partial charge in [0, 0.05) is 17.9 Å². The van der Waals surface area contributed by atoms with Crippen molar-refractivity contribution in [3.05, 3.63) is 11.1 Å². The van der Waals surface area contributed by atoms with Gasteiger partial charge in [-0.3, -0.25) is 4.79 Å². The highest BCUT2D eigenvalue weighted by molar-refractivity contribution is 9.09. The van der Waals surface area contributed by atoms with Crippen LogP contribution >= 0.6 is 27.5 Å². The third-order valence-electron chi connectivity index (χ3n) is 2.38. The number of halogens is 1. The predicted molar refractivity (Wildman–Crippen MR) is 57.7 cm³/mol. The van der Waals surface area contributed by atoms with Crippen LogP contribution in [0.25, 0.3) is 0 Å². The van der Waals surface area contributed by atoms with E-state index < -0.39 is 0 Å². The predicted octanol–water partition coefficient (Wildman–Crippen LogP) is 1.39. The summed E-state index contributed by atoms with van der Waals surface area (Å²) in [5.74, 6) is 0.564. The van der Waals surface area contributed by atoms with Crippen molar-refractivity contribution in [2.24, 2.45) is 5.92 Å². The molecule has 0 aliphatic carbocycles. The molecule has 2 heterocycles. The van der Waals surface area contributed by atoms with Crippen LogP contribution in [0, 0.1) is 5.92 Å². The van der Waals surface area contributed by atoms with Crippen molar-refractivity contribution in [3.8, 4) is 0 Å². The maximum Gasteiger partial charge on any atom is 0.267 e. The number of nitrogens with zero attached hydrogens (tertiary/aromatic N) is 3. The molecule has 2 atom stereocenters. The van der Waals surface area contributed by atoms with Gasteiger partial charge in [-0.2, -0.15) is 0 Å². The Labute approximate surface area is 94.6 Å². The monoisotopic (exact) mass is 275 g/mol. The van der Waals surface area contributed by atoms with Gasteiger partial charge in [-0.15, -0.1) is 5.10 Å². The van der Waals surface area contributed by atoms with Gasteiger partial charge in [0.05, 0.1) is 6.20 Å². The summed E-state index contributed by atoms with van der Waals surface area (Å²) >= 11 is 4.71. The summed E-state index contributed by atoms with van der Waals surface area (Å²) in [7, 11) is 0. The Morgan fingerprint density at radius 3 is 3.00 bits per heavy atom. The Bertz CT molecular complexity index is 319. The Morgan fingerprint density at radius 1 is 1.71 bits per heavy atom. The molecule has 0 N–H and O–H groups in total. The fourth-order valence-electron chi connectivity index (χ4n) is 1.51. The van der Waals surface area contributed by atoms with E-state index >= 15 is 0 Å². The van der Waals surface area contributed by atoms with Crippen LogP contribution < -0.4 is 0 Å². The molecule has 0 aromatic carbocycles. The lowest BCUT2D eigenvalue weighted by Crippen LogP contribution is -2.28. The molecule has 1 amide bonds. The normalized spacial score (nSPS) is 26.9. The van der Waals surface area contributed by atoms with Crippen molar-refractivity contribution < 1.29 is 4.79 Å². The zero-order valence-electron chi connectivity index (χ0n) is 7.68. The summed E-state index contributed by atoms with van der Waals surface area (Å²) in [6, 6.07) is 0. The Hall–Kier alpha value is -0.490. The SMILES string of the molecule is CC1CN(C(=O)c2cnns2)CC1Br. The number of carbonyl (C=O) groups is 1. The van der Waals surface area contributed by atoms with Crippen molar-refractivity contribution in [2.75, 3.05) is 13.1 Å². The van der Waals surface area contributed by atoms with Gasteiger partial charge < -0.3 is 4.90 Å². The molecule has 14 heavy (non-hydrogen) atoms. The molecule has 1 aromatic rings. The number of hydrogen-bond donors (Lipinski definition) is 0. The number of aromatic nitrogens is 2. The average Bonchev–Trinajstić information content (AvgIpc) is 2.76. The summed E-state index contributed by atoms with van der Waals surface area (Å²) in [6.07, 6.45) is 1.53. The van der Waals surface area contributed by atoms with Crippen molar-refractivity contribution >= 4 is 33.4 Å². The third-order valence-corrected chi connectivity index (χ3v) is 4.22. The van der Waals surface area contributed by atoms with E-state index in [0.29, 0.717) is 15.6 Å². The molecular weight excluding hydrogens is 266 g/mol. The van der Waals surface area contributed by atoms with Gasteiger partial charge in [0.15, 0.2) is 0 Å². The van der Waals surface area contributed by atoms with Crippen molar-refractivity contribution in [3.63, 3.8) is 0 Å². The fraction of sp³-hybridized carbons (Fsp3) is 0.625. The van der Waals surface area contributed by atoms with E-state index in [4.69, 9.17) is 0 Å². The number of likely N-dealkylation sites (tertiary alicyclic amines) is 1. The number of amides is 1. The van der Waals surface area contributed by atoms with Crippen LogP contribution in [-0.2, 0) is 0 Å². The van der Waals surface area contributed by atoms with E-state index in [1.807, 2.05) is 4.90 Å². The molecule has 76 valence electrons. The van der Waals surface area contributed by atoms with Crippen LogP contribution in [0.1, 0.15) is 16.6 Å². The van der Waals surface area contributed by atoms with Gasteiger partial charge in [-0.25, -0.2) is 0 Å². The molecule has 0 saturated carbocycles. The van der Waals surface area contributed by atoms with Gasteiger partial charge in [0.2, 0.25) is 0 Å². The summed E-state index contributed by atoms with van der Waals surface area (Å²) in [5.41, 5.74) is 0. The molecule has 6 heteroatoms. The van der Waals surface area contributed by atoms with Crippen LogP contribution in [0.4, 0.5) is 0 Å². The summed E-state index contributed by atoms with van der Waals surface area (Å²) in [5, 5.41) is 3.66. The quantitative estimate of drug-likeness (QED) is 0.728. The zero-order valence-corrected chi connectivity index (χ0v) is 10.1. The topological polar surface area (TPSA) is 46.1 Å². The molecule has 0 bridgehead atoms. The molecule has 1 saturated heterocycles. The third kappa shape index (κ3) is 1.81. The van der Waals surface area contributed by atoms with Gasteiger partial charge in [0.1, 0.15) is 4.88 Å². The highest BCUT2D eigenvalue weighted by Gasteiger charge is 2.31. The molecular formula is C8H10BrN3OS. The van der Waals surface area contributed by atoms with Gasteiger partial charge >= 0.3 is 0 Å². The zero-order chi connectivity index (χ0) is 10.1. The molecule has 0 radical (unpaired) electrons. The minimum atomic E-state index is 0.0498. The maximum absolute atomic E-state index is 11.8. The molecule has 1 aromatic heterocycles. The van der Waals surface area contributed by atoms with Crippen LogP contribution in [0.5, 0.6) is 0 Å². The first-order valence-corrected chi connectivity index (χ1v) is 6.08. The Balaban J connectivity index is 2.07. The maximum atomic E-state index is 11.8. The molecule has 2 rings (SSSR count). The van der Waals surface area contributed by atoms with E-state index in [0.717, 1.165) is 24.6 Å². The van der Waals surface area contributed by atoms with Crippen LogP contribution in [-0.4, -0.2) is 38.3 Å². The standard InChI is InChI=1S/C8H10BrN3OS/c1-5-3-12(4-6(5)9)8(13)7-2-10-11-14-7/h2,5-6H,3-4H2,1H3. The van der Waals surface area contributed by atoms with Gasteiger partial charge in [0.25, 0.3) is 5.91 Å². The highest BCUT2D eigenvalue weighted by atomic mass is 79.9. The number of alkyl halides is 1. The number of hydrogen-bond acceptors (Lipinski definition) is 4. The second-order valence-electron chi connectivity index (χ2n) is 3.49. The fourth-order valence-corrected chi connectivity index (χ4v) is 2.51. The molecule has 4 nitrogen and oxygen atoms in total. The van der Waals surface area contributed by atoms with Crippen LogP contribution in [0.2, 0.25) is 0 Å². The minimum Gasteiger partial charge on any atom is -0.336 e. The van der Waals surface area contributed by atoms with E-state index in [9.17, 15) is 4.79 Å². The van der Waals surface area contributed by atoms with Gasteiger partial charge in [-0.05, 0) is 17.5 Å². The first-order chi connectivity index (χ1) is 6.68. The number of rotatable bonds is 1. The van der Waals surface area contributed by atoms with Crippen molar-refractivity contribution in [1.29, 1.82) is 0 Å². The summed E-state index contributed by atoms with van der Waals surface area (Å²) in [6.45, 7) is 3.72. The van der Waals surface area contributed by atoms with E-state index in [1.165, 1.54) is 6.20 Å². The highest BCUT2D eigenvalue weighted by Crippen LogP contribution is 2.24. The Kier molecular flexibility index (Phi) is 2.83. The Morgan fingerprint density at radius 2 is 2.50 bits per heavy atom. The van der Waals surface area contributed by atoms with E-state index in [-0.39, 0.29) is 5.91 Å². The first kappa shape index (κ1) is 10.0. The average molecular weight is 276 g/mol. The van der Waals surface area contributed by atoms with E-state index in [2.05, 4.69) is 32.4 Å². The summed E-state index contributed by atoms with van der Waals surface area (Å²) < 4.78 is 3.69. The van der Waals surface area contributed by atoms with Crippen molar-refractivity contribution in [2.45, 2.75) is 11.8 Å². The minimum absolute atomic E-state index is 0.0498. The van der Waals surface area contributed by atoms with Crippen LogP contribution in [0.3, 0.4) is 0 Å². The first-order valence-electron chi connectivity index (χ1n) is 4.39. The largest absolute Gasteiger partial charge is 0.336 e. The van der Waals surface area contributed by atoms with Crippen molar-refractivity contribution in [1.82, 2.24) is 14.5 Å². The molecule has 2 unspecified atom stereocenters. The molecule has 1 aliphatic rings. The lowest BCUT2D eigenvalue weighted by molar-refractivity contribution is 0.0793. The van der Waals surface area contributed by atoms with Gasteiger partial charge in [-0.1, -0.05) is 27.3 Å². The smallest absolute Gasteiger partial charge is 0.267 e. The lowest BCUT2D eigenvalue weighted by Gasteiger charge is -2.13. The van der Waals surface area contributed by atoms with E-state index in [1.54, 1.807) is 0 Å². The summed E-state index contributed by atoms with van der Waals surface area (Å²) in [4.78, 5) is 14.7. The molecule has 1 fully saturated rings. The molecule has 1 aliphatic heterocycles. The second kappa shape index (κ2) is 3.94. The number of carbonyl (C=O) groups excluding carboxylic acids is 1. The lowest BCUT2D eigenvalue weighted by atomic mass is 10.2. The van der Waals surface area contributed by atoms with Crippen LogP contribution in [0.15, 0.2) is 6.20 Å².